The van der Waals surface area contributed by atoms with E-state index in [4.69, 9.17) is 27.9 Å². The van der Waals surface area contributed by atoms with Gasteiger partial charge in [0.2, 0.25) is 5.91 Å². The molecule has 0 saturated heterocycles. The number of anilines is 1. The lowest BCUT2D eigenvalue weighted by Gasteiger charge is -2.09. The highest BCUT2D eigenvalue weighted by Gasteiger charge is 2.02. The second-order valence-electron chi connectivity index (χ2n) is 5.13. The Labute approximate surface area is 146 Å². The van der Waals surface area contributed by atoms with Crippen LogP contribution in [0, 0.1) is 0 Å². The molecule has 23 heavy (non-hydrogen) atoms. The summed E-state index contributed by atoms with van der Waals surface area (Å²) in [6.07, 6.45) is 2.18. The first-order valence-corrected chi connectivity index (χ1v) is 8.30. The van der Waals surface area contributed by atoms with Gasteiger partial charge in [0.05, 0.1) is 16.7 Å². The molecule has 0 unspecified atom stereocenters. The average molecular weight is 352 g/mol. The standard InChI is InChI=1S/C18H19Cl2NO2/c1-2-18(22)21-14-6-3-7-15(12-14)23-10-4-5-13-8-9-16(19)17(20)11-13/h3,6-9,11-12H,2,4-5,10H2,1H3,(H,21,22). The summed E-state index contributed by atoms with van der Waals surface area (Å²) in [5.74, 6) is 0.731. The largest absolute Gasteiger partial charge is 0.494 e. The molecule has 0 heterocycles. The SMILES string of the molecule is CCC(=O)Nc1cccc(OCCCc2ccc(Cl)c(Cl)c2)c1. The molecule has 2 aromatic carbocycles. The van der Waals surface area contributed by atoms with Crippen molar-refractivity contribution in [3.8, 4) is 5.75 Å². The summed E-state index contributed by atoms with van der Waals surface area (Å²) in [7, 11) is 0. The topological polar surface area (TPSA) is 38.3 Å². The lowest BCUT2D eigenvalue weighted by atomic mass is 10.1. The summed E-state index contributed by atoms with van der Waals surface area (Å²) in [6, 6.07) is 13.1. The summed E-state index contributed by atoms with van der Waals surface area (Å²) < 4.78 is 5.73. The molecule has 2 aromatic rings. The highest BCUT2D eigenvalue weighted by molar-refractivity contribution is 6.42. The number of hydrogen-bond donors (Lipinski definition) is 1. The number of rotatable bonds is 7. The molecule has 3 nitrogen and oxygen atoms in total. The molecule has 2 rings (SSSR count). The van der Waals surface area contributed by atoms with Crippen LogP contribution in [0.25, 0.3) is 0 Å². The van der Waals surface area contributed by atoms with E-state index in [1.807, 2.05) is 43.3 Å². The van der Waals surface area contributed by atoms with E-state index in [2.05, 4.69) is 5.32 Å². The minimum atomic E-state index is -0.0123. The van der Waals surface area contributed by atoms with Gasteiger partial charge < -0.3 is 10.1 Å². The van der Waals surface area contributed by atoms with Gasteiger partial charge >= 0.3 is 0 Å². The van der Waals surface area contributed by atoms with E-state index in [0.29, 0.717) is 23.1 Å². The molecule has 0 radical (unpaired) electrons. The molecule has 5 heteroatoms. The molecule has 122 valence electrons. The minimum absolute atomic E-state index is 0.0123. The van der Waals surface area contributed by atoms with Gasteiger partial charge in [0, 0.05) is 18.2 Å². The Bertz CT molecular complexity index is 674. The molecular formula is C18H19Cl2NO2. The molecule has 0 atom stereocenters. The van der Waals surface area contributed by atoms with E-state index < -0.39 is 0 Å². The molecule has 0 fully saturated rings. The van der Waals surface area contributed by atoms with Crippen molar-refractivity contribution in [1.82, 2.24) is 0 Å². The molecule has 0 bridgehead atoms. The Kier molecular flexibility index (Phi) is 6.75. The lowest BCUT2D eigenvalue weighted by Crippen LogP contribution is -2.09. The Hall–Kier alpha value is -1.71. The summed E-state index contributed by atoms with van der Waals surface area (Å²) in [4.78, 5) is 11.4. The van der Waals surface area contributed by atoms with Gasteiger partial charge in [-0.1, -0.05) is 42.3 Å². The van der Waals surface area contributed by atoms with Crippen LogP contribution in [0.2, 0.25) is 10.0 Å². The third-order valence-corrected chi connectivity index (χ3v) is 4.04. The molecule has 1 amide bonds. The monoisotopic (exact) mass is 351 g/mol. The number of benzene rings is 2. The Balaban J connectivity index is 1.80. The zero-order valence-electron chi connectivity index (χ0n) is 12.9. The van der Waals surface area contributed by atoms with E-state index in [-0.39, 0.29) is 5.91 Å². The summed E-state index contributed by atoms with van der Waals surface area (Å²) in [6.45, 7) is 2.41. The van der Waals surface area contributed by atoms with Gasteiger partial charge in [0.25, 0.3) is 0 Å². The van der Waals surface area contributed by atoms with Crippen LogP contribution in [-0.4, -0.2) is 12.5 Å². The van der Waals surface area contributed by atoms with Gasteiger partial charge in [0.15, 0.2) is 0 Å². The maximum absolute atomic E-state index is 11.4. The number of carbonyl (C=O) groups is 1. The highest BCUT2D eigenvalue weighted by atomic mass is 35.5. The first-order valence-electron chi connectivity index (χ1n) is 7.55. The van der Waals surface area contributed by atoms with Crippen LogP contribution in [0.3, 0.4) is 0 Å². The zero-order chi connectivity index (χ0) is 16.7. The number of ether oxygens (including phenoxy) is 1. The fraction of sp³-hybridized carbons (Fsp3) is 0.278. The van der Waals surface area contributed by atoms with Crippen LogP contribution in [-0.2, 0) is 11.2 Å². The van der Waals surface area contributed by atoms with Gasteiger partial charge in [-0.2, -0.15) is 0 Å². The van der Waals surface area contributed by atoms with Gasteiger partial charge in [-0.15, -0.1) is 0 Å². The van der Waals surface area contributed by atoms with E-state index in [1.165, 1.54) is 0 Å². The fourth-order valence-corrected chi connectivity index (χ4v) is 2.40. The molecule has 0 spiro atoms. The number of hydrogen-bond acceptors (Lipinski definition) is 2. The average Bonchev–Trinajstić information content (AvgIpc) is 2.55. The Morgan fingerprint density at radius 2 is 1.96 bits per heavy atom. The van der Waals surface area contributed by atoms with Crippen molar-refractivity contribution in [3.05, 3.63) is 58.1 Å². The molecule has 0 saturated carbocycles. The van der Waals surface area contributed by atoms with E-state index in [1.54, 1.807) is 6.07 Å². The summed E-state index contributed by atoms with van der Waals surface area (Å²) in [5.41, 5.74) is 1.88. The maximum Gasteiger partial charge on any atom is 0.224 e. The summed E-state index contributed by atoms with van der Waals surface area (Å²) in [5, 5.41) is 3.95. The molecule has 0 aliphatic rings. The lowest BCUT2D eigenvalue weighted by molar-refractivity contribution is -0.115. The van der Waals surface area contributed by atoms with Gasteiger partial charge in [-0.3, -0.25) is 4.79 Å². The first-order chi connectivity index (χ1) is 11.1. The zero-order valence-corrected chi connectivity index (χ0v) is 14.5. The van der Waals surface area contributed by atoms with Crippen LogP contribution < -0.4 is 10.1 Å². The third kappa shape index (κ3) is 5.77. The second-order valence-corrected chi connectivity index (χ2v) is 5.94. The molecule has 0 aromatic heterocycles. The van der Waals surface area contributed by atoms with Gasteiger partial charge in [0.1, 0.15) is 5.75 Å². The van der Waals surface area contributed by atoms with Crippen LogP contribution in [0.1, 0.15) is 25.3 Å². The number of halogens is 2. The molecule has 0 aliphatic carbocycles. The van der Waals surface area contributed by atoms with E-state index >= 15 is 0 Å². The first kappa shape index (κ1) is 17.6. The summed E-state index contributed by atoms with van der Waals surface area (Å²) >= 11 is 11.9. The number of carbonyl (C=O) groups excluding carboxylic acids is 1. The number of nitrogens with one attached hydrogen (secondary N) is 1. The predicted octanol–water partition coefficient (Wildman–Crippen LogP) is 5.35. The van der Waals surface area contributed by atoms with Crippen LogP contribution >= 0.6 is 23.2 Å². The Morgan fingerprint density at radius 3 is 2.70 bits per heavy atom. The van der Waals surface area contributed by atoms with Crippen molar-refractivity contribution in [2.75, 3.05) is 11.9 Å². The van der Waals surface area contributed by atoms with Crippen LogP contribution in [0.5, 0.6) is 5.75 Å². The molecule has 0 aliphatic heterocycles. The number of aryl methyl sites for hydroxylation is 1. The van der Waals surface area contributed by atoms with Crippen molar-refractivity contribution in [2.24, 2.45) is 0 Å². The van der Waals surface area contributed by atoms with Crippen molar-refractivity contribution >= 4 is 34.8 Å². The number of amides is 1. The highest BCUT2D eigenvalue weighted by Crippen LogP contribution is 2.23. The molecule has 1 N–H and O–H groups in total. The van der Waals surface area contributed by atoms with E-state index in [9.17, 15) is 4.79 Å². The fourth-order valence-electron chi connectivity index (χ4n) is 2.07. The van der Waals surface area contributed by atoms with Crippen molar-refractivity contribution < 1.29 is 9.53 Å². The van der Waals surface area contributed by atoms with Crippen molar-refractivity contribution in [3.63, 3.8) is 0 Å². The Morgan fingerprint density at radius 1 is 1.13 bits per heavy atom. The van der Waals surface area contributed by atoms with Gasteiger partial charge in [-0.25, -0.2) is 0 Å². The predicted molar refractivity (Wildman–Crippen MR) is 95.6 cm³/mol. The van der Waals surface area contributed by atoms with Crippen LogP contribution in [0.15, 0.2) is 42.5 Å². The quantitative estimate of drug-likeness (QED) is 0.682. The van der Waals surface area contributed by atoms with E-state index in [0.717, 1.165) is 29.8 Å². The normalized spacial score (nSPS) is 10.4. The van der Waals surface area contributed by atoms with Crippen LogP contribution in [0.4, 0.5) is 5.69 Å². The van der Waals surface area contributed by atoms with Gasteiger partial charge in [-0.05, 0) is 42.7 Å². The minimum Gasteiger partial charge on any atom is -0.494 e. The van der Waals surface area contributed by atoms with Crippen molar-refractivity contribution in [2.45, 2.75) is 26.2 Å². The third-order valence-electron chi connectivity index (χ3n) is 3.30. The molecular weight excluding hydrogens is 333 g/mol. The maximum atomic E-state index is 11.4. The second kappa shape index (κ2) is 8.80. The smallest absolute Gasteiger partial charge is 0.224 e. The van der Waals surface area contributed by atoms with Crippen molar-refractivity contribution in [1.29, 1.82) is 0 Å².